The fraction of sp³-hybridized carbons (Fsp3) is 0.304. The van der Waals surface area contributed by atoms with Gasteiger partial charge in [-0.2, -0.15) is 0 Å². The molecule has 5 rings (SSSR count). The summed E-state index contributed by atoms with van der Waals surface area (Å²) in [4.78, 5) is 28.4. The van der Waals surface area contributed by atoms with Crippen LogP contribution < -0.4 is 10.9 Å². The lowest BCUT2D eigenvalue weighted by Gasteiger charge is -2.36. The molecule has 2 N–H and O–H groups in total. The van der Waals surface area contributed by atoms with Gasteiger partial charge in [-0.1, -0.05) is 30.3 Å². The minimum Gasteiger partial charge on any atom is -0.370 e. The number of aromatic amines is 1. The molecule has 0 atom stereocenters. The summed E-state index contributed by atoms with van der Waals surface area (Å²) in [5, 5.41) is 4.81. The van der Waals surface area contributed by atoms with Crippen LogP contribution in [0, 0.1) is 0 Å². The van der Waals surface area contributed by atoms with Crippen molar-refractivity contribution in [3.8, 4) is 11.3 Å². The summed E-state index contributed by atoms with van der Waals surface area (Å²) in [5.74, 6) is 0.0112. The number of anilines is 1. The van der Waals surface area contributed by atoms with E-state index in [2.05, 4.69) is 17.3 Å². The molecule has 0 radical (unpaired) electrons. The Morgan fingerprint density at radius 1 is 1.07 bits per heavy atom. The molecule has 1 fully saturated rings. The SMILES string of the molecule is C[N+]1(CC(=O)Nc2cccc3c2Cc2c-3[nH]c(=O)c3ccccc23)CCOCC1. The number of morpholine rings is 1. The Labute approximate surface area is 168 Å². The summed E-state index contributed by atoms with van der Waals surface area (Å²) >= 11 is 0. The molecule has 6 nitrogen and oxygen atoms in total. The van der Waals surface area contributed by atoms with Crippen molar-refractivity contribution in [2.75, 3.05) is 45.2 Å². The lowest BCUT2D eigenvalue weighted by Crippen LogP contribution is -2.55. The number of H-pyrrole nitrogens is 1. The van der Waals surface area contributed by atoms with Crippen molar-refractivity contribution in [3.63, 3.8) is 0 Å². The van der Waals surface area contributed by atoms with E-state index >= 15 is 0 Å². The fourth-order valence-electron chi connectivity index (χ4n) is 4.53. The van der Waals surface area contributed by atoms with Crippen LogP contribution in [0.15, 0.2) is 47.3 Å². The van der Waals surface area contributed by atoms with Crippen molar-refractivity contribution in [2.45, 2.75) is 6.42 Å². The third-order valence-corrected chi connectivity index (χ3v) is 6.19. The highest BCUT2D eigenvalue weighted by Gasteiger charge is 2.30. The quantitative estimate of drug-likeness (QED) is 0.528. The van der Waals surface area contributed by atoms with E-state index in [1.165, 1.54) is 0 Å². The molecule has 0 bridgehead atoms. The van der Waals surface area contributed by atoms with E-state index in [4.69, 9.17) is 4.74 Å². The van der Waals surface area contributed by atoms with Crippen molar-refractivity contribution in [3.05, 3.63) is 63.9 Å². The number of benzene rings is 2. The standard InChI is InChI=1S/C23H23N3O3/c1-26(9-11-29-12-10-26)14-21(27)24-20-8-4-7-16-18(20)13-19-15-5-2-3-6-17(15)23(28)25-22(16)19/h2-8H,9-14H2,1H3,(H-,24,25,27,28)/p+1. The minimum atomic E-state index is -0.0774. The van der Waals surface area contributed by atoms with Crippen molar-refractivity contribution in [2.24, 2.45) is 0 Å². The van der Waals surface area contributed by atoms with Gasteiger partial charge in [-0.25, -0.2) is 0 Å². The van der Waals surface area contributed by atoms with Crippen molar-refractivity contribution < 1.29 is 14.0 Å². The molecular formula is C23H24N3O3+. The highest BCUT2D eigenvalue weighted by atomic mass is 16.5. The zero-order valence-electron chi connectivity index (χ0n) is 16.5. The molecule has 0 saturated carbocycles. The predicted molar refractivity (Wildman–Crippen MR) is 113 cm³/mol. The summed E-state index contributed by atoms with van der Waals surface area (Å²) < 4.78 is 6.12. The van der Waals surface area contributed by atoms with Gasteiger partial charge in [0, 0.05) is 23.1 Å². The van der Waals surface area contributed by atoms with Gasteiger partial charge in [-0.15, -0.1) is 0 Å². The molecule has 2 heterocycles. The third-order valence-electron chi connectivity index (χ3n) is 6.19. The number of quaternary nitrogens is 1. The van der Waals surface area contributed by atoms with E-state index in [0.717, 1.165) is 46.5 Å². The summed E-state index contributed by atoms with van der Waals surface area (Å²) in [6.07, 6.45) is 0.693. The van der Waals surface area contributed by atoms with E-state index in [9.17, 15) is 9.59 Å². The number of ether oxygens (including phenoxy) is 1. The summed E-state index contributed by atoms with van der Waals surface area (Å²) in [6.45, 7) is 3.51. The maximum Gasteiger partial charge on any atom is 0.279 e. The van der Waals surface area contributed by atoms with Gasteiger partial charge in [0.2, 0.25) is 0 Å². The van der Waals surface area contributed by atoms with Crippen LogP contribution in [-0.2, 0) is 16.0 Å². The lowest BCUT2D eigenvalue weighted by molar-refractivity contribution is -0.909. The zero-order valence-corrected chi connectivity index (χ0v) is 16.5. The molecule has 2 aromatic carbocycles. The topological polar surface area (TPSA) is 71.2 Å². The number of rotatable bonds is 3. The summed E-state index contributed by atoms with van der Waals surface area (Å²) in [6, 6.07) is 13.6. The molecule has 0 unspecified atom stereocenters. The average Bonchev–Trinajstić information content (AvgIpc) is 3.08. The van der Waals surface area contributed by atoms with Crippen LogP contribution in [0.1, 0.15) is 11.1 Å². The molecule has 3 aromatic rings. The first-order valence-electron chi connectivity index (χ1n) is 10.0. The first-order valence-corrected chi connectivity index (χ1v) is 10.0. The number of nitrogens with one attached hydrogen (secondary N) is 2. The number of amides is 1. The highest BCUT2D eigenvalue weighted by molar-refractivity contribution is 5.97. The van der Waals surface area contributed by atoms with Crippen LogP contribution in [0.25, 0.3) is 22.0 Å². The molecule has 2 aliphatic rings. The Balaban J connectivity index is 1.47. The molecule has 0 spiro atoms. The van der Waals surface area contributed by atoms with Gasteiger partial charge >= 0.3 is 0 Å². The number of aromatic nitrogens is 1. The van der Waals surface area contributed by atoms with Crippen molar-refractivity contribution in [1.29, 1.82) is 0 Å². The summed E-state index contributed by atoms with van der Waals surface area (Å²) in [7, 11) is 2.10. The minimum absolute atomic E-state index is 0.0112. The van der Waals surface area contributed by atoms with Gasteiger partial charge in [-0.05, 0) is 28.6 Å². The molecular weight excluding hydrogens is 366 g/mol. The van der Waals surface area contributed by atoms with E-state index in [1.54, 1.807) is 0 Å². The zero-order chi connectivity index (χ0) is 20.0. The Morgan fingerprint density at radius 3 is 2.62 bits per heavy atom. The van der Waals surface area contributed by atoms with Gasteiger partial charge < -0.3 is 19.5 Å². The molecule has 1 aliphatic carbocycles. The average molecular weight is 390 g/mol. The van der Waals surface area contributed by atoms with E-state index in [1.807, 2.05) is 42.5 Å². The highest BCUT2D eigenvalue weighted by Crippen LogP contribution is 2.41. The lowest BCUT2D eigenvalue weighted by atomic mass is 10.0. The fourth-order valence-corrected chi connectivity index (χ4v) is 4.53. The van der Waals surface area contributed by atoms with Crippen LogP contribution in [0.3, 0.4) is 0 Å². The second-order valence-corrected chi connectivity index (χ2v) is 8.25. The number of likely N-dealkylation sites (N-methyl/N-ethyl adjacent to an activating group) is 1. The predicted octanol–water partition coefficient (Wildman–Crippen LogP) is 2.51. The maximum atomic E-state index is 12.8. The van der Waals surface area contributed by atoms with Gasteiger partial charge in [0.1, 0.15) is 13.1 Å². The number of carbonyl (C=O) groups excluding carboxylic acids is 1. The van der Waals surface area contributed by atoms with E-state index < -0.39 is 0 Å². The van der Waals surface area contributed by atoms with Gasteiger partial charge in [-0.3, -0.25) is 9.59 Å². The number of pyridine rings is 1. The second-order valence-electron chi connectivity index (χ2n) is 8.25. The first kappa shape index (κ1) is 18.1. The van der Waals surface area contributed by atoms with Gasteiger partial charge in [0.05, 0.1) is 26.0 Å². The van der Waals surface area contributed by atoms with E-state index in [0.29, 0.717) is 36.0 Å². The van der Waals surface area contributed by atoms with Crippen LogP contribution >= 0.6 is 0 Å². The normalized spacial score (nSPS) is 17.0. The second kappa shape index (κ2) is 6.83. The van der Waals surface area contributed by atoms with Crippen LogP contribution in [0.5, 0.6) is 0 Å². The molecule has 1 aromatic heterocycles. The Kier molecular flexibility index (Phi) is 4.26. The largest absolute Gasteiger partial charge is 0.370 e. The number of hydrogen-bond acceptors (Lipinski definition) is 3. The number of nitrogens with zero attached hydrogens (tertiary/aromatic N) is 1. The number of fused-ring (bicyclic) bond motifs is 5. The molecule has 1 amide bonds. The van der Waals surface area contributed by atoms with Gasteiger partial charge in [0.15, 0.2) is 6.54 Å². The Hall–Kier alpha value is -2.96. The van der Waals surface area contributed by atoms with Crippen LogP contribution in [-0.4, -0.2) is 55.3 Å². The van der Waals surface area contributed by atoms with Crippen LogP contribution in [0.2, 0.25) is 0 Å². The first-order chi connectivity index (χ1) is 14.0. The molecule has 1 saturated heterocycles. The molecule has 1 aliphatic heterocycles. The molecule has 6 heteroatoms. The van der Waals surface area contributed by atoms with Crippen molar-refractivity contribution >= 4 is 22.4 Å². The molecule has 148 valence electrons. The van der Waals surface area contributed by atoms with Gasteiger partial charge in [0.25, 0.3) is 11.5 Å². The Morgan fingerprint density at radius 2 is 1.83 bits per heavy atom. The summed E-state index contributed by atoms with van der Waals surface area (Å²) in [5.41, 5.74) is 4.79. The Bertz CT molecular complexity index is 1180. The van der Waals surface area contributed by atoms with Crippen LogP contribution in [0.4, 0.5) is 5.69 Å². The monoisotopic (exact) mass is 390 g/mol. The number of hydrogen-bond donors (Lipinski definition) is 2. The van der Waals surface area contributed by atoms with Crippen molar-refractivity contribution in [1.82, 2.24) is 4.98 Å². The number of carbonyl (C=O) groups is 1. The third kappa shape index (κ3) is 3.14. The van der Waals surface area contributed by atoms with E-state index in [-0.39, 0.29) is 11.5 Å². The maximum absolute atomic E-state index is 12.8. The molecule has 29 heavy (non-hydrogen) atoms. The smallest absolute Gasteiger partial charge is 0.279 e.